The minimum atomic E-state index is -1.60. The first kappa shape index (κ1) is 36.3. The fraction of sp³-hybridized carbons (Fsp3) is 0.917. The van der Waals surface area contributed by atoms with E-state index in [1.165, 1.54) is 5.57 Å². The van der Waals surface area contributed by atoms with Crippen LogP contribution in [-0.2, 0) is 14.3 Å². The number of hydrogen-bond acceptors (Lipinski definition) is 10. The Morgan fingerprint density at radius 2 is 1.63 bits per heavy atom. The van der Waals surface area contributed by atoms with Gasteiger partial charge >= 0.3 is 0 Å². The highest BCUT2D eigenvalue weighted by atomic mass is 16.7. The number of Topliss-reactive ketones (excluding diaryl/α,β-unsaturated/α-hetero) is 1. The molecular weight excluding hydrogens is 592 g/mol. The average Bonchev–Trinajstić information content (AvgIpc) is 3.25. The third-order valence-electron chi connectivity index (χ3n) is 14.5. The normalized spacial score (nSPS) is 47.7. The first-order chi connectivity index (χ1) is 21.2. The molecule has 3 saturated carbocycles. The van der Waals surface area contributed by atoms with Crippen LogP contribution in [0.4, 0.5) is 0 Å². The van der Waals surface area contributed by atoms with Crippen molar-refractivity contribution >= 4 is 5.78 Å². The number of allylic oxidation sites excluding steroid dienone is 1. The number of rotatable bonds is 8. The molecule has 4 fully saturated rings. The Balaban J connectivity index is 1.31. The molecule has 10 heteroatoms. The monoisotopic (exact) mass is 652 g/mol. The van der Waals surface area contributed by atoms with E-state index in [1.54, 1.807) is 13.8 Å². The standard InChI is InChI=1S/C36H60O10/c1-18(22(38)15-26(40)33(4,5)46-31-30(44)29(43)28(42)23(17-37)45-31)19-13-14-34(6)24-11-9-20-21(10-12-25(39)32(20,2)3)36(24,8)27(41)16-35(19,34)7/h9,18-19,21-26,28-31,37-40,42-44H,10-17H2,1-8H3/t18-,19+,21+,22+,23-,24-,25-,26-,28-,29+,30-,31+,34-,35+,36-/m0/s1. The number of hydrogen-bond donors (Lipinski definition) is 7. The van der Waals surface area contributed by atoms with Crippen LogP contribution >= 0.6 is 0 Å². The van der Waals surface area contributed by atoms with Crippen LogP contribution in [0.3, 0.4) is 0 Å². The zero-order valence-corrected chi connectivity index (χ0v) is 29.0. The average molecular weight is 653 g/mol. The summed E-state index contributed by atoms with van der Waals surface area (Å²) in [7, 11) is 0. The molecule has 15 atom stereocenters. The van der Waals surface area contributed by atoms with Crippen molar-refractivity contribution in [1.29, 1.82) is 0 Å². The van der Waals surface area contributed by atoms with E-state index >= 15 is 0 Å². The molecule has 1 saturated heterocycles. The molecule has 1 aliphatic heterocycles. The molecule has 1 heterocycles. The number of aliphatic hydroxyl groups excluding tert-OH is 7. The van der Waals surface area contributed by atoms with E-state index in [-0.39, 0.29) is 46.3 Å². The van der Waals surface area contributed by atoms with Gasteiger partial charge in [0.05, 0.1) is 30.5 Å². The zero-order chi connectivity index (χ0) is 34.4. The molecule has 7 N–H and O–H groups in total. The maximum atomic E-state index is 14.4. The Kier molecular flexibility index (Phi) is 9.58. The third-order valence-corrected chi connectivity index (χ3v) is 14.5. The van der Waals surface area contributed by atoms with Gasteiger partial charge in [0.2, 0.25) is 0 Å². The van der Waals surface area contributed by atoms with Crippen LogP contribution in [-0.4, -0.2) is 103 Å². The minimum absolute atomic E-state index is 0.0183. The molecule has 0 unspecified atom stereocenters. The number of ketones is 1. The summed E-state index contributed by atoms with van der Waals surface area (Å²) < 4.78 is 11.4. The van der Waals surface area contributed by atoms with Gasteiger partial charge in [-0.2, -0.15) is 0 Å². The van der Waals surface area contributed by atoms with Crippen molar-refractivity contribution in [3.63, 3.8) is 0 Å². The van der Waals surface area contributed by atoms with Gasteiger partial charge in [-0.1, -0.05) is 53.2 Å². The van der Waals surface area contributed by atoms with Crippen molar-refractivity contribution in [1.82, 2.24) is 0 Å². The van der Waals surface area contributed by atoms with E-state index < -0.39 is 66.6 Å². The van der Waals surface area contributed by atoms with Crippen LogP contribution in [0.1, 0.15) is 100 Å². The van der Waals surface area contributed by atoms with Crippen molar-refractivity contribution in [2.45, 2.75) is 155 Å². The second-order valence-corrected chi connectivity index (χ2v) is 17.3. The molecule has 0 amide bonds. The lowest BCUT2D eigenvalue weighted by Crippen LogP contribution is -2.63. The van der Waals surface area contributed by atoms with Crippen LogP contribution < -0.4 is 0 Å². The first-order valence-corrected chi connectivity index (χ1v) is 17.4. The predicted molar refractivity (Wildman–Crippen MR) is 170 cm³/mol. The van der Waals surface area contributed by atoms with Gasteiger partial charge < -0.3 is 45.2 Å². The first-order valence-electron chi connectivity index (χ1n) is 17.4. The number of carbonyl (C=O) groups is 1. The molecule has 0 spiro atoms. The summed E-state index contributed by atoms with van der Waals surface area (Å²) in [6.07, 6.45) is -2.85. The minimum Gasteiger partial charge on any atom is -0.394 e. The van der Waals surface area contributed by atoms with Crippen molar-refractivity contribution in [3.8, 4) is 0 Å². The second-order valence-electron chi connectivity index (χ2n) is 17.3. The summed E-state index contributed by atoms with van der Waals surface area (Å²) in [4.78, 5) is 14.4. The van der Waals surface area contributed by atoms with Crippen LogP contribution in [0.15, 0.2) is 11.6 Å². The largest absolute Gasteiger partial charge is 0.394 e. The molecule has 0 radical (unpaired) electrons. The lowest BCUT2D eigenvalue weighted by atomic mass is 9.38. The van der Waals surface area contributed by atoms with Gasteiger partial charge in [-0.05, 0) is 80.5 Å². The Morgan fingerprint density at radius 1 is 0.978 bits per heavy atom. The van der Waals surface area contributed by atoms with Crippen LogP contribution in [0.2, 0.25) is 0 Å². The van der Waals surface area contributed by atoms with E-state index in [2.05, 4.69) is 40.7 Å². The molecule has 4 aliphatic carbocycles. The van der Waals surface area contributed by atoms with Crippen LogP contribution in [0, 0.1) is 45.3 Å². The van der Waals surface area contributed by atoms with Gasteiger partial charge in [-0.3, -0.25) is 4.79 Å². The van der Waals surface area contributed by atoms with Gasteiger partial charge in [0.25, 0.3) is 0 Å². The van der Waals surface area contributed by atoms with E-state index in [1.807, 2.05) is 6.92 Å². The van der Waals surface area contributed by atoms with E-state index in [4.69, 9.17) is 9.47 Å². The van der Waals surface area contributed by atoms with Gasteiger partial charge in [-0.25, -0.2) is 0 Å². The molecule has 0 aromatic rings. The highest BCUT2D eigenvalue weighted by Gasteiger charge is 2.70. The lowest BCUT2D eigenvalue weighted by molar-refractivity contribution is -0.332. The van der Waals surface area contributed by atoms with Crippen LogP contribution in [0.5, 0.6) is 0 Å². The Morgan fingerprint density at radius 3 is 2.26 bits per heavy atom. The number of carbonyl (C=O) groups excluding carboxylic acids is 1. The van der Waals surface area contributed by atoms with Crippen molar-refractivity contribution in [2.75, 3.05) is 6.61 Å². The lowest BCUT2D eigenvalue weighted by Gasteiger charge is -2.64. The molecule has 264 valence electrons. The van der Waals surface area contributed by atoms with E-state index in [0.717, 1.165) is 25.7 Å². The Hall–Kier alpha value is -0.950. The SMILES string of the molecule is C[C@H]([C@H](O)C[C@H](O)C(C)(C)O[C@H]1O[C@@H](CO)[C@H](O)[C@@H](O)[C@@H]1O)[C@H]1CC[C@@]2(C)[C@@H]3CC=C4[C@@H](CC[C@H](O)C4(C)C)[C@]3(C)C(=O)C[C@]12C. The molecule has 46 heavy (non-hydrogen) atoms. The summed E-state index contributed by atoms with van der Waals surface area (Å²) in [5, 5.41) is 73.9. The molecule has 5 aliphatic rings. The van der Waals surface area contributed by atoms with Gasteiger partial charge in [0.1, 0.15) is 30.2 Å². The molecule has 10 nitrogen and oxygen atoms in total. The summed E-state index contributed by atoms with van der Waals surface area (Å²) >= 11 is 0. The smallest absolute Gasteiger partial charge is 0.187 e. The second kappa shape index (κ2) is 12.1. The highest BCUT2D eigenvalue weighted by molar-refractivity contribution is 5.88. The quantitative estimate of drug-likeness (QED) is 0.193. The van der Waals surface area contributed by atoms with Gasteiger partial charge in [0, 0.05) is 23.7 Å². The zero-order valence-electron chi connectivity index (χ0n) is 29.0. The fourth-order valence-corrected chi connectivity index (χ4v) is 10.8. The highest BCUT2D eigenvalue weighted by Crippen LogP contribution is 2.74. The summed E-state index contributed by atoms with van der Waals surface area (Å²) in [6.45, 7) is 15.6. The number of ether oxygens (including phenoxy) is 2. The van der Waals surface area contributed by atoms with E-state index in [0.29, 0.717) is 18.6 Å². The third kappa shape index (κ3) is 5.28. The summed E-state index contributed by atoms with van der Waals surface area (Å²) in [5.74, 6) is 0.416. The molecule has 5 rings (SSSR count). The number of aliphatic hydroxyl groups is 7. The molecule has 0 aromatic carbocycles. The Bertz CT molecular complexity index is 1180. The maximum absolute atomic E-state index is 14.4. The summed E-state index contributed by atoms with van der Waals surface area (Å²) in [5.41, 5.74) is -1.38. The van der Waals surface area contributed by atoms with Crippen molar-refractivity contribution < 1.29 is 50.0 Å². The van der Waals surface area contributed by atoms with Crippen molar-refractivity contribution in [2.24, 2.45) is 45.3 Å². The molecular formula is C36H60O10. The molecule has 0 bridgehead atoms. The number of fused-ring (bicyclic) bond motifs is 5. The van der Waals surface area contributed by atoms with Gasteiger partial charge in [-0.15, -0.1) is 0 Å². The fourth-order valence-electron chi connectivity index (χ4n) is 10.8. The molecule has 0 aromatic heterocycles. The van der Waals surface area contributed by atoms with Crippen molar-refractivity contribution in [3.05, 3.63) is 11.6 Å². The predicted octanol–water partition coefficient (Wildman–Crippen LogP) is 2.47. The van der Waals surface area contributed by atoms with E-state index in [9.17, 15) is 40.5 Å². The van der Waals surface area contributed by atoms with Crippen LogP contribution in [0.25, 0.3) is 0 Å². The Labute approximate surface area is 274 Å². The van der Waals surface area contributed by atoms with Gasteiger partial charge in [0.15, 0.2) is 6.29 Å². The summed E-state index contributed by atoms with van der Waals surface area (Å²) in [6, 6.07) is 0. The topological polar surface area (TPSA) is 177 Å². The maximum Gasteiger partial charge on any atom is 0.187 e.